The van der Waals surface area contributed by atoms with Crippen molar-refractivity contribution in [1.82, 2.24) is 5.32 Å². The highest BCUT2D eigenvalue weighted by atomic mass is 16.5. The molecule has 2 saturated carbocycles. The van der Waals surface area contributed by atoms with E-state index >= 15 is 0 Å². The summed E-state index contributed by atoms with van der Waals surface area (Å²) in [5, 5.41) is 13.2. The molecule has 114 valence electrons. The Balaban J connectivity index is 1.72. The summed E-state index contributed by atoms with van der Waals surface area (Å²) in [6.07, 6.45) is 11.4. The summed E-state index contributed by atoms with van der Waals surface area (Å²) in [4.78, 5) is 0. The minimum absolute atomic E-state index is 0.277. The van der Waals surface area contributed by atoms with Crippen molar-refractivity contribution in [2.75, 3.05) is 6.61 Å². The Hall–Kier alpha value is -0.590. The smallest absolute Gasteiger partial charge is 0.133 e. The molecular weight excluding hydrogens is 248 g/mol. The lowest BCUT2D eigenvalue weighted by Crippen LogP contribution is -2.51. The van der Waals surface area contributed by atoms with E-state index < -0.39 is 5.54 Å². The zero-order valence-corrected chi connectivity index (χ0v) is 13.2. The van der Waals surface area contributed by atoms with Crippen molar-refractivity contribution in [1.29, 1.82) is 5.26 Å². The van der Waals surface area contributed by atoms with Gasteiger partial charge in [0.05, 0.1) is 18.8 Å². The predicted molar refractivity (Wildman–Crippen MR) is 81.4 cm³/mol. The molecule has 0 heterocycles. The van der Waals surface area contributed by atoms with E-state index in [2.05, 4.69) is 25.2 Å². The predicted octanol–water partition coefficient (Wildman–Crippen LogP) is 3.79. The van der Waals surface area contributed by atoms with E-state index in [1.54, 1.807) is 0 Å². The van der Waals surface area contributed by atoms with Crippen LogP contribution in [0.3, 0.4) is 0 Å². The zero-order chi connectivity index (χ0) is 14.4. The number of unbranched alkanes of at least 4 members (excludes halogenated alkanes) is 3. The van der Waals surface area contributed by atoms with Crippen LogP contribution in [0.1, 0.15) is 71.6 Å². The monoisotopic (exact) mass is 278 g/mol. The van der Waals surface area contributed by atoms with Gasteiger partial charge in [0.2, 0.25) is 0 Å². The third-order valence-electron chi connectivity index (χ3n) is 4.57. The molecule has 2 unspecified atom stereocenters. The number of rotatable bonds is 11. The maximum Gasteiger partial charge on any atom is 0.133 e. The molecule has 0 saturated heterocycles. The Morgan fingerprint density at radius 1 is 1.25 bits per heavy atom. The fourth-order valence-electron chi connectivity index (χ4n) is 2.82. The fourth-order valence-corrected chi connectivity index (χ4v) is 2.82. The minimum Gasteiger partial charge on any atom is -0.375 e. The van der Waals surface area contributed by atoms with Gasteiger partial charge in [0.1, 0.15) is 5.54 Å². The van der Waals surface area contributed by atoms with Crippen molar-refractivity contribution < 1.29 is 4.74 Å². The Kier molecular flexibility index (Phi) is 5.86. The van der Waals surface area contributed by atoms with Gasteiger partial charge in [-0.25, -0.2) is 0 Å². The van der Waals surface area contributed by atoms with Gasteiger partial charge in [0.15, 0.2) is 0 Å². The van der Waals surface area contributed by atoms with Crippen LogP contribution >= 0.6 is 0 Å². The second-order valence-corrected chi connectivity index (χ2v) is 6.75. The molecule has 2 aliphatic rings. The van der Waals surface area contributed by atoms with Gasteiger partial charge in [0, 0.05) is 6.04 Å². The van der Waals surface area contributed by atoms with Crippen molar-refractivity contribution in [2.24, 2.45) is 5.92 Å². The first-order valence-corrected chi connectivity index (χ1v) is 8.50. The Morgan fingerprint density at radius 2 is 2.00 bits per heavy atom. The van der Waals surface area contributed by atoms with E-state index in [9.17, 15) is 5.26 Å². The van der Waals surface area contributed by atoms with Crippen molar-refractivity contribution >= 4 is 0 Å². The van der Waals surface area contributed by atoms with Gasteiger partial charge >= 0.3 is 0 Å². The molecule has 0 radical (unpaired) electrons. The van der Waals surface area contributed by atoms with Crippen LogP contribution in [-0.2, 0) is 4.74 Å². The Morgan fingerprint density at radius 3 is 2.55 bits per heavy atom. The maximum atomic E-state index is 9.63. The summed E-state index contributed by atoms with van der Waals surface area (Å²) in [6, 6.07) is 3.11. The number of nitrogens with one attached hydrogen (secondary N) is 1. The van der Waals surface area contributed by atoms with Crippen LogP contribution in [0.2, 0.25) is 0 Å². The zero-order valence-electron chi connectivity index (χ0n) is 13.2. The molecule has 2 aliphatic carbocycles. The highest BCUT2D eigenvalue weighted by Crippen LogP contribution is 2.41. The van der Waals surface area contributed by atoms with Gasteiger partial charge in [0.25, 0.3) is 0 Å². The summed E-state index contributed by atoms with van der Waals surface area (Å²) in [5.74, 6) is 0.514. The number of ether oxygens (including phenoxy) is 1. The van der Waals surface area contributed by atoms with Gasteiger partial charge in [-0.05, 0) is 44.9 Å². The summed E-state index contributed by atoms with van der Waals surface area (Å²) in [5.41, 5.74) is -0.404. The summed E-state index contributed by atoms with van der Waals surface area (Å²) in [6.45, 7) is 4.96. The van der Waals surface area contributed by atoms with Gasteiger partial charge < -0.3 is 4.74 Å². The fraction of sp³-hybridized carbons (Fsp3) is 0.941. The summed E-state index contributed by atoms with van der Waals surface area (Å²) in [7, 11) is 0. The molecule has 0 spiro atoms. The third kappa shape index (κ3) is 4.75. The molecular formula is C17H30N2O. The van der Waals surface area contributed by atoms with Crippen LogP contribution in [-0.4, -0.2) is 24.3 Å². The lowest BCUT2D eigenvalue weighted by molar-refractivity contribution is 0.0216. The molecule has 0 aromatic carbocycles. The molecule has 0 bridgehead atoms. The maximum absolute atomic E-state index is 9.63. The quantitative estimate of drug-likeness (QED) is 0.585. The van der Waals surface area contributed by atoms with E-state index in [4.69, 9.17) is 4.74 Å². The number of nitriles is 1. The van der Waals surface area contributed by atoms with Crippen LogP contribution in [0.5, 0.6) is 0 Å². The first kappa shape index (κ1) is 15.8. The van der Waals surface area contributed by atoms with Crippen LogP contribution < -0.4 is 5.32 Å². The van der Waals surface area contributed by atoms with Crippen LogP contribution in [0.25, 0.3) is 0 Å². The molecule has 0 aromatic rings. The lowest BCUT2D eigenvalue weighted by atomic mass is 9.95. The molecule has 2 rings (SSSR count). The van der Waals surface area contributed by atoms with Gasteiger partial charge in [-0.2, -0.15) is 5.26 Å². The van der Waals surface area contributed by atoms with Crippen LogP contribution in [0.4, 0.5) is 0 Å². The third-order valence-corrected chi connectivity index (χ3v) is 4.57. The van der Waals surface area contributed by atoms with Gasteiger partial charge in [-0.3, -0.25) is 5.32 Å². The molecule has 0 amide bonds. The first-order chi connectivity index (χ1) is 9.70. The van der Waals surface area contributed by atoms with Crippen molar-refractivity contribution in [3.8, 4) is 6.07 Å². The number of nitrogens with zero attached hydrogens (tertiary/aromatic N) is 1. The SMILES string of the molecule is CCCCCCC(C)OCC(C#N)(NC1CC1)C1CC1. The largest absolute Gasteiger partial charge is 0.375 e. The van der Waals surface area contributed by atoms with Crippen molar-refractivity contribution in [3.63, 3.8) is 0 Å². The Bertz CT molecular complexity index is 330. The van der Waals surface area contributed by atoms with E-state index in [0.717, 1.165) is 6.42 Å². The normalized spacial score (nSPS) is 23.1. The number of hydrogen-bond acceptors (Lipinski definition) is 3. The van der Waals surface area contributed by atoms with Crippen molar-refractivity contribution in [2.45, 2.75) is 89.3 Å². The molecule has 3 heteroatoms. The standard InChI is InChI=1S/C17H30N2O/c1-3-4-5-6-7-14(2)20-13-17(12-18,15-8-9-15)19-16-10-11-16/h14-16,19H,3-11,13H2,1-2H3. The van der Waals surface area contributed by atoms with Gasteiger partial charge in [-0.15, -0.1) is 0 Å². The van der Waals surface area contributed by atoms with E-state index in [1.807, 2.05) is 0 Å². The molecule has 20 heavy (non-hydrogen) atoms. The van der Waals surface area contributed by atoms with Crippen LogP contribution in [0, 0.1) is 17.2 Å². The van der Waals surface area contributed by atoms with E-state index in [0.29, 0.717) is 18.6 Å². The average Bonchev–Trinajstić information content (AvgIpc) is 3.32. The second kappa shape index (κ2) is 7.43. The Labute approximate surface area is 124 Å². The topological polar surface area (TPSA) is 45.0 Å². The van der Waals surface area contributed by atoms with Crippen LogP contribution in [0.15, 0.2) is 0 Å². The highest BCUT2D eigenvalue weighted by molar-refractivity contribution is 5.17. The second-order valence-electron chi connectivity index (χ2n) is 6.75. The molecule has 2 fully saturated rings. The lowest BCUT2D eigenvalue weighted by Gasteiger charge is -2.29. The molecule has 2 atom stereocenters. The summed E-state index contributed by atoms with van der Waals surface area (Å²) >= 11 is 0. The molecule has 0 aliphatic heterocycles. The first-order valence-electron chi connectivity index (χ1n) is 8.50. The van der Waals surface area contributed by atoms with E-state index in [1.165, 1.54) is 51.4 Å². The van der Waals surface area contributed by atoms with E-state index in [-0.39, 0.29) is 6.10 Å². The van der Waals surface area contributed by atoms with Crippen molar-refractivity contribution in [3.05, 3.63) is 0 Å². The van der Waals surface area contributed by atoms with Gasteiger partial charge in [-0.1, -0.05) is 32.6 Å². The minimum atomic E-state index is -0.404. The summed E-state index contributed by atoms with van der Waals surface area (Å²) < 4.78 is 6.02. The molecule has 3 nitrogen and oxygen atoms in total. The number of hydrogen-bond donors (Lipinski definition) is 1. The molecule has 0 aromatic heterocycles. The highest BCUT2D eigenvalue weighted by Gasteiger charge is 2.48. The average molecular weight is 278 g/mol. The molecule has 1 N–H and O–H groups in total.